The van der Waals surface area contributed by atoms with Crippen molar-refractivity contribution in [2.75, 3.05) is 19.0 Å². The van der Waals surface area contributed by atoms with Gasteiger partial charge in [-0.1, -0.05) is 25.6 Å². The van der Waals surface area contributed by atoms with E-state index in [9.17, 15) is 13.6 Å². The predicted molar refractivity (Wildman–Crippen MR) is 73.7 cm³/mol. The Morgan fingerprint density at radius 3 is 2.71 bits per heavy atom. The first-order valence-electron chi connectivity index (χ1n) is 6.52. The van der Waals surface area contributed by atoms with Gasteiger partial charge in [-0.2, -0.15) is 0 Å². The third kappa shape index (κ3) is 6.85. The van der Waals surface area contributed by atoms with E-state index in [-0.39, 0.29) is 12.4 Å². The second-order valence-electron chi connectivity index (χ2n) is 4.80. The number of carbonyl (C=O) groups is 1. The maximum absolute atomic E-state index is 12.0. The number of alkyl halides is 2. The van der Waals surface area contributed by atoms with Crippen LogP contribution in [0.15, 0.2) is 5.16 Å². The Balaban J connectivity index is 2.66. The average Bonchev–Trinajstić information content (AvgIpc) is 2.74. The summed E-state index contributed by atoms with van der Waals surface area (Å²) in [6.45, 7) is 4.20. The predicted octanol–water partition coefficient (Wildman–Crippen LogP) is 1.94. The van der Waals surface area contributed by atoms with Crippen LogP contribution in [0.5, 0.6) is 0 Å². The lowest BCUT2D eigenvalue weighted by Crippen LogP contribution is -2.14. The molecule has 6 nitrogen and oxygen atoms in total. The summed E-state index contributed by atoms with van der Waals surface area (Å²) in [5.74, 6) is -0.0874. The number of carboxylic acids is 1. The van der Waals surface area contributed by atoms with Gasteiger partial charge in [0.25, 0.3) is 6.43 Å². The zero-order valence-corrected chi connectivity index (χ0v) is 12.8. The topological polar surface area (TPSA) is 77.2 Å². The molecule has 0 saturated carbocycles. The first-order chi connectivity index (χ1) is 9.90. The highest BCUT2D eigenvalue weighted by molar-refractivity contribution is 7.99. The summed E-state index contributed by atoms with van der Waals surface area (Å²) in [6, 6.07) is 0. The van der Waals surface area contributed by atoms with Gasteiger partial charge in [0.1, 0.15) is 12.4 Å². The summed E-state index contributed by atoms with van der Waals surface area (Å²) in [4.78, 5) is 10.6. The molecule has 0 spiro atoms. The molecule has 1 N–H and O–H groups in total. The molecule has 0 aromatic carbocycles. The van der Waals surface area contributed by atoms with Crippen molar-refractivity contribution in [2.45, 2.75) is 38.4 Å². The second kappa shape index (κ2) is 8.93. The maximum atomic E-state index is 12.0. The number of carboxylic acid groups (broad SMARTS) is 1. The Morgan fingerprint density at radius 2 is 2.14 bits per heavy atom. The molecule has 0 radical (unpaired) electrons. The zero-order chi connectivity index (χ0) is 15.8. The quantitative estimate of drug-likeness (QED) is 0.524. The number of aliphatic carboxylic acids is 1. The normalized spacial score (nSPS) is 11.5. The van der Waals surface area contributed by atoms with Crippen LogP contribution in [0.25, 0.3) is 0 Å². The van der Waals surface area contributed by atoms with Crippen molar-refractivity contribution in [3.05, 3.63) is 5.82 Å². The molecule has 120 valence electrons. The average molecular weight is 323 g/mol. The largest absolute Gasteiger partial charge is 0.481 e. The van der Waals surface area contributed by atoms with Gasteiger partial charge in [0.15, 0.2) is 5.16 Å². The Labute approximate surface area is 125 Å². The van der Waals surface area contributed by atoms with E-state index in [2.05, 4.69) is 10.2 Å². The minimum atomic E-state index is -2.49. The summed E-state index contributed by atoms with van der Waals surface area (Å²) in [5.41, 5.74) is 0. The molecule has 0 atom stereocenters. The molecule has 0 fully saturated rings. The molecule has 0 bridgehead atoms. The summed E-state index contributed by atoms with van der Waals surface area (Å²) < 4.78 is 30.6. The van der Waals surface area contributed by atoms with Crippen molar-refractivity contribution >= 4 is 17.7 Å². The SMILES string of the molecule is CC(C)Cn1c(CCOCC(F)F)nnc1SCC(=O)O. The van der Waals surface area contributed by atoms with E-state index in [1.807, 2.05) is 18.4 Å². The van der Waals surface area contributed by atoms with Gasteiger partial charge in [0.05, 0.1) is 12.4 Å². The smallest absolute Gasteiger partial charge is 0.313 e. The molecule has 1 rings (SSSR count). The lowest BCUT2D eigenvalue weighted by molar-refractivity contribution is -0.133. The number of halogens is 2. The van der Waals surface area contributed by atoms with Gasteiger partial charge >= 0.3 is 5.97 Å². The molecule has 9 heteroatoms. The number of aromatic nitrogens is 3. The van der Waals surface area contributed by atoms with Crippen LogP contribution in [0.1, 0.15) is 19.7 Å². The molecule has 0 unspecified atom stereocenters. The van der Waals surface area contributed by atoms with E-state index in [0.29, 0.717) is 29.9 Å². The molecule has 0 aliphatic rings. The van der Waals surface area contributed by atoms with Crippen LogP contribution < -0.4 is 0 Å². The van der Waals surface area contributed by atoms with Crippen LogP contribution in [0.3, 0.4) is 0 Å². The fourth-order valence-corrected chi connectivity index (χ4v) is 2.31. The van der Waals surface area contributed by atoms with Crippen molar-refractivity contribution in [3.63, 3.8) is 0 Å². The number of ether oxygens (including phenoxy) is 1. The van der Waals surface area contributed by atoms with E-state index < -0.39 is 19.0 Å². The van der Waals surface area contributed by atoms with Gasteiger partial charge in [0, 0.05) is 13.0 Å². The Kier molecular flexibility index (Phi) is 7.58. The Hall–Kier alpha value is -1.22. The van der Waals surface area contributed by atoms with Gasteiger partial charge in [-0.05, 0) is 5.92 Å². The third-order valence-electron chi connectivity index (χ3n) is 2.38. The summed E-state index contributed by atoms with van der Waals surface area (Å²) >= 11 is 1.09. The summed E-state index contributed by atoms with van der Waals surface area (Å²) in [5, 5.41) is 17.2. The Bertz CT molecular complexity index is 455. The summed E-state index contributed by atoms with van der Waals surface area (Å²) in [7, 11) is 0. The van der Waals surface area contributed by atoms with E-state index in [1.54, 1.807) is 0 Å². The zero-order valence-electron chi connectivity index (χ0n) is 12.0. The van der Waals surface area contributed by atoms with Crippen LogP contribution in [0.2, 0.25) is 0 Å². The standard InChI is InChI=1S/C12H19F2N3O3S/c1-8(2)5-17-10(3-4-20-6-9(13)14)15-16-12(17)21-7-11(18)19/h8-9H,3-7H2,1-2H3,(H,18,19). The van der Waals surface area contributed by atoms with E-state index in [4.69, 9.17) is 9.84 Å². The van der Waals surface area contributed by atoms with E-state index in [1.165, 1.54) is 0 Å². The Morgan fingerprint density at radius 1 is 1.43 bits per heavy atom. The molecule has 1 heterocycles. The lowest BCUT2D eigenvalue weighted by atomic mass is 10.2. The molecule has 0 aliphatic heterocycles. The molecule has 21 heavy (non-hydrogen) atoms. The third-order valence-corrected chi connectivity index (χ3v) is 3.33. The number of thioether (sulfide) groups is 1. The van der Waals surface area contributed by atoms with E-state index in [0.717, 1.165) is 11.8 Å². The van der Waals surface area contributed by atoms with Gasteiger partial charge < -0.3 is 14.4 Å². The molecule has 0 saturated heterocycles. The van der Waals surface area contributed by atoms with Crippen LogP contribution >= 0.6 is 11.8 Å². The van der Waals surface area contributed by atoms with E-state index >= 15 is 0 Å². The van der Waals surface area contributed by atoms with Crippen LogP contribution in [0.4, 0.5) is 8.78 Å². The van der Waals surface area contributed by atoms with Crippen molar-refractivity contribution < 1.29 is 23.4 Å². The van der Waals surface area contributed by atoms with Crippen LogP contribution in [0, 0.1) is 5.92 Å². The van der Waals surface area contributed by atoms with Gasteiger partial charge in [-0.3, -0.25) is 4.79 Å². The first kappa shape index (κ1) is 17.8. The molecule has 1 aromatic heterocycles. The number of nitrogens with zero attached hydrogens (tertiary/aromatic N) is 3. The van der Waals surface area contributed by atoms with Crippen molar-refractivity contribution in [1.29, 1.82) is 0 Å². The molecular formula is C12H19F2N3O3S. The van der Waals surface area contributed by atoms with Gasteiger partial charge in [-0.15, -0.1) is 10.2 Å². The minimum Gasteiger partial charge on any atom is -0.481 e. The maximum Gasteiger partial charge on any atom is 0.313 e. The van der Waals surface area contributed by atoms with Gasteiger partial charge in [-0.25, -0.2) is 8.78 Å². The van der Waals surface area contributed by atoms with Crippen molar-refractivity contribution in [1.82, 2.24) is 14.8 Å². The highest BCUT2D eigenvalue weighted by Gasteiger charge is 2.15. The molecule has 0 aliphatic carbocycles. The minimum absolute atomic E-state index is 0.0991. The molecule has 1 aromatic rings. The van der Waals surface area contributed by atoms with Crippen molar-refractivity contribution in [2.24, 2.45) is 5.92 Å². The lowest BCUT2D eigenvalue weighted by Gasteiger charge is -2.12. The fourth-order valence-electron chi connectivity index (χ4n) is 1.62. The molecular weight excluding hydrogens is 304 g/mol. The fraction of sp³-hybridized carbons (Fsp3) is 0.750. The van der Waals surface area contributed by atoms with Crippen LogP contribution in [-0.2, 0) is 22.5 Å². The highest BCUT2D eigenvalue weighted by atomic mass is 32.2. The number of rotatable bonds is 10. The second-order valence-corrected chi connectivity index (χ2v) is 5.74. The summed E-state index contributed by atoms with van der Waals surface area (Å²) in [6.07, 6.45) is -2.12. The number of hydrogen-bond donors (Lipinski definition) is 1. The van der Waals surface area contributed by atoms with Crippen molar-refractivity contribution in [3.8, 4) is 0 Å². The number of hydrogen-bond acceptors (Lipinski definition) is 5. The highest BCUT2D eigenvalue weighted by Crippen LogP contribution is 2.18. The van der Waals surface area contributed by atoms with Gasteiger partial charge in [0.2, 0.25) is 0 Å². The monoisotopic (exact) mass is 323 g/mol. The van der Waals surface area contributed by atoms with Crippen LogP contribution in [-0.4, -0.2) is 51.2 Å². The molecule has 0 amide bonds. The first-order valence-corrected chi connectivity index (χ1v) is 7.51.